The molecule has 23 heavy (non-hydrogen) atoms. The van der Waals surface area contributed by atoms with Gasteiger partial charge in [0.1, 0.15) is 0 Å². The molecule has 0 bridgehead atoms. The van der Waals surface area contributed by atoms with Crippen LogP contribution in [0.3, 0.4) is 0 Å². The number of rotatable bonds is 6. The Hall–Kier alpha value is -2.76. The van der Waals surface area contributed by atoms with Crippen LogP contribution in [-0.4, -0.2) is 38.2 Å². The standard InChI is InChI=1S/C17H18N2O4/c20-16(21)6-9-18-8-5-15-13(11-18)12-3-1-2-4-14(12)19(15)10-7-17(22)23/h1-5,8H,6-7,9-11H2,(H,20,21)(H,22,23). The fraction of sp³-hybridized carbons (Fsp3) is 0.294. The first kappa shape index (κ1) is 15.1. The summed E-state index contributed by atoms with van der Waals surface area (Å²) >= 11 is 0. The number of hydrogen-bond acceptors (Lipinski definition) is 3. The highest BCUT2D eigenvalue weighted by Gasteiger charge is 2.20. The first-order chi connectivity index (χ1) is 11.1. The maximum atomic E-state index is 10.9. The van der Waals surface area contributed by atoms with Crippen molar-refractivity contribution in [3.63, 3.8) is 0 Å². The normalized spacial score (nSPS) is 13.3. The number of aliphatic carboxylic acids is 2. The molecule has 0 atom stereocenters. The van der Waals surface area contributed by atoms with Crippen LogP contribution < -0.4 is 0 Å². The van der Waals surface area contributed by atoms with Crippen molar-refractivity contribution in [1.29, 1.82) is 0 Å². The van der Waals surface area contributed by atoms with Crippen molar-refractivity contribution in [2.24, 2.45) is 0 Å². The highest BCUT2D eigenvalue weighted by molar-refractivity contribution is 5.88. The molecule has 1 aromatic carbocycles. The van der Waals surface area contributed by atoms with Crippen molar-refractivity contribution < 1.29 is 19.8 Å². The second-order valence-electron chi connectivity index (χ2n) is 5.61. The first-order valence-corrected chi connectivity index (χ1v) is 7.52. The summed E-state index contributed by atoms with van der Waals surface area (Å²) in [5.41, 5.74) is 3.15. The summed E-state index contributed by atoms with van der Waals surface area (Å²) in [4.78, 5) is 23.6. The molecule has 0 saturated heterocycles. The van der Waals surface area contributed by atoms with Gasteiger partial charge in [-0.25, -0.2) is 0 Å². The van der Waals surface area contributed by atoms with Crippen molar-refractivity contribution in [3.05, 3.63) is 41.7 Å². The van der Waals surface area contributed by atoms with Crippen molar-refractivity contribution in [3.8, 4) is 0 Å². The van der Waals surface area contributed by atoms with E-state index in [1.807, 2.05) is 46.0 Å². The largest absolute Gasteiger partial charge is 0.481 e. The van der Waals surface area contributed by atoms with Gasteiger partial charge in [0.25, 0.3) is 0 Å². The summed E-state index contributed by atoms with van der Waals surface area (Å²) in [6.07, 6.45) is 4.00. The minimum absolute atomic E-state index is 0.0711. The van der Waals surface area contributed by atoms with Crippen LogP contribution in [0.25, 0.3) is 17.0 Å². The quantitative estimate of drug-likeness (QED) is 0.855. The number of aryl methyl sites for hydroxylation is 1. The minimum Gasteiger partial charge on any atom is -0.481 e. The lowest BCUT2D eigenvalue weighted by molar-refractivity contribution is -0.138. The van der Waals surface area contributed by atoms with Crippen LogP contribution in [0.2, 0.25) is 0 Å². The predicted octanol–water partition coefficient (Wildman–Crippen LogP) is 2.38. The fourth-order valence-corrected chi connectivity index (χ4v) is 3.02. The van der Waals surface area contributed by atoms with Gasteiger partial charge in [0.2, 0.25) is 0 Å². The zero-order chi connectivity index (χ0) is 16.4. The van der Waals surface area contributed by atoms with Crippen molar-refractivity contribution in [2.45, 2.75) is 25.9 Å². The van der Waals surface area contributed by atoms with E-state index in [2.05, 4.69) is 0 Å². The monoisotopic (exact) mass is 314 g/mol. The molecule has 1 aromatic heterocycles. The minimum atomic E-state index is -0.820. The Labute approximate surface area is 133 Å². The Bertz CT molecular complexity index is 791. The third-order valence-electron chi connectivity index (χ3n) is 4.09. The molecule has 0 saturated carbocycles. The maximum Gasteiger partial charge on any atom is 0.305 e. The van der Waals surface area contributed by atoms with E-state index in [1.165, 1.54) is 0 Å². The Morgan fingerprint density at radius 3 is 2.48 bits per heavy atom. The lowest BCUT2D eigenvalue weighted by Crippen LogP contribution is -2.23. The molecule has 0 radical (unpaired) electrons. The average molecular weight is 314 g/mol. The molecule has 1 aliphatic heterocycles. The van der Waals surface area contributed by atoms with Gasteiger partial charge < -0.3 is 19.7 Å². The highest BCUT2D eigenvalue weighted by Crippen LogP contribution is 2.31. The van der Waals surface area contributed by atoms with Gasteiger partial charge in [-0.15, -0.1) is 0 Å². The second kappa shape index (κ2) is 6.16. The summed E-state index contributed by atoms with van der Waals surface area (Å²) in [5.74, 6) is -1.63. The Kier molecular flexibility index (Phi) is 4.06. The summed E-state index contributed by atoms with van der Waals surface area (Å²) in [6.45, 7) is 1.52. The molecule has 2 aromatic rings. The molecular formula is C17H18N2O4. The molecule has 6 heteroatoms. The SMILES string of the molecule is O=C(O)CCN1C=Cc2c(c3ccccc3n2CCC(=O)O)C1. The molecular weight excluding hydrogens is 296 g/mol. The van der Waals surface area contributed by atoms with Gasteiger partial charge >= 0.3 is 11.9 Å². The van der Waals surface area contributed by atoms with E-state index >= 15 is 0 Å². The van der Waals surface area contributed by atoms with Gasteiger partial charge in [-0.3, -0.25) is 9.59 Å². The summed E-state index contributed by atoms with van der Waals surface area (Å²) in [5, 5.41) is 18.9. The third kappa shape index (κ3) is 3.06. The van der Waals surface area contributed by atoms with Gasteiger partial charge in [-0.2, -0.15) is 0 Å². The second-order valence-corrected chi connectivity index (χ2v) is 5.61. The van der Waals surface area contributed by atoms with Gasteiger partial charge in [0.15, 0.2) is 0 Å². The number of benzene rings is 1. The van der Waals surface area contributed by atoms with Gasteiger partial charge in [-0.1, -0.05) is 18.2 Å². The number of para-hydroxylation sites is 1. The van der Waals surface area contributed by atoms with Crippen LogP contribution in [0.5, 0.6) is 0 Å². The lowest BCUT2D eigenvalue weighted by atomic mass is 10.1. The van der Waals surface area contributed by atoms with E-state index in [4.69, 9.17) is 10.2 Å². The number of hydrogen-bond donors (Lipinski definition) is 2. The number of fused-ring (bicyclic) bond motifs is 3. The third-order valence-corrected chi connectivity index (χ3v) is 4.09. The molecule has 120 valence electrons. The van der Waals surface area contributed by atoms with Crippen LogP contribution in [0.4, 0.5) is 0 Å². The number of carboxylic acids is 2. The van der Waals surface area contributed by atoms with Crippen LogP contribution in [0.15, 0.2) is 30.5 Å². The van der Waals surface area contributed by atoms with E-state index in [1.54, 1.807) is 0 Å². The maximum absolute atomic E-state index is 10.9. The van der Waals surface area contributed by atoms with E-state index in [9.17, 15) is 9.59 Å². The van der Waals surface area contributed by atoms with Crippen molar-refractivity contribution >= 4 is 28.9 Å². The lowest BCUT2D eigenvalue weighted by Gasteiger charge is -2.24. The van der Waals surface area contributed by atoms with Crippen LogP contribution in [-0.2, 0) is 22.7 Å². The van der Waals surface area contributed by atoms with Crippen molar-refractivity contribution in [1.82, 2.24) is 9.47 Å². The zero-order valence-corrected chi connectivity index (χ0v) is 12.6. The average Bonchev–Trinajstić information content (AvgIpc) is 2.84. The van der Waals surface area contributed by atoms with Gasteiger partial charge in [0.05, 0.1) is 12.8 Å². The number of carboxylic acid groups (broad SMARTS) is 2. The molecule has 3 rings (SSSR count). The molecule has 0 fully saturated rings. The van der Waals surface area contributed by atoms with E-state index in [-0.39, 0.29) is 12.8 Å². The molecule has 2 N–H and O–H groups in total. The Morgan fingerprint density at radius 1 is 1.04 bits per heavy atom. The molecule has 0 aliphatic carbocycles. The predicted molar refractivity (Wildman–Crippen MR) is 85.9 cm³/mol. The summed E-state index contributed by atoms with van der Waals surface area (Å²) in [6, 6.07) is 7.92. The molecule has 0 unspecified atom stereocenters. The molecule has 1 aliphatic rings. The van der Waals surface area contributed by atoms with E-state index < -0.39 is 11.9 Å². The van der Waals surface area contributed by atoms with E-state index in [0.29, 0.717) is 19.6 Å². The smallest absolute Gasteiger partial charge is 0.305 e. The van der Waals surface area contributed by atoms with Gasteiger partial charge in [-0.05, 0) is 12.1 Å². The van der Waals surface area contributed by atoms with Crippen LogP contribution >= 0.6 is 0 Å². The molecule has 2 heterocycles. The first-order valence-electron chi connectivity index (χ1n) is 7.52. The van der Waals surface area contributed by atoms with E-state index in [0.717, 1.165) is 22.2 Å². The Morgan fingerprint density at radius 2 is 1.74 bits per heavy atom. The zero-order valence-electron chi connectivity index (χ0n) is 12.6. The summed E-state index contributed by atoms with van der Waals surface area (Å²) in [7, 11) is 0. The van der Waals surface area contributed by atoms with Gasteiger partial charge in [0, 0.05) is 48.0 Å². The topological polar surface area (TPSA) is 82.8 Å². The number of aromatic nitrogens is 1. The molecule has 6 nitrogen and oxygen atoms in total. The highest BCUT2D eigenvalue weighted by atomic mass is 16.4. The van der Waals surface area contributed by atoms with Crippen LogP contribution in [0, 0.1) is 0 Å². The fourth-order valence-electron chi connectivity index (χ4n) is 3.02. The Balaban J connectivity index is 1.95. The molecule has 0 amide bonds. The van der Waals surface area contributed by atoms with Crippen LogP contribution in [0.1, 0.15) is 24.1 Å². The number of nitrogens with zero attached hydrogens (tertiary/aromatic N) is 2. The van der Waals surface area contributed by atoms with Crippen molar-refractivity contribution in [2.75, 3.05) is 6.54 Å². The summed E-state index contributed by atoms with van der Waals surface area (Å²) < 4.78 is 2.03. The molecule has 0 spiro atoms. The number of carbonyl (C=O) groups is 2.